The SMILES string of the molecule is C/C=C/Cn1c(C(=O)OCC)cc(CC)c1C. The van der Waals surface area contributed by atoms with E-state index in [1.54, 1.807) is 0 Å². The van der Waals surface area contributed by atoms with Crippen molar-refractivity contribution in [3.8, 4) is 0 Å². The highest BCUT2D eigenvalue weighted by atomic mass is 16.5. The normalized spacial score (nSPS) is 11.1. The topological polar surface area (TPSA) is 31.2 Å². The average molecular weight is 235 g/mol. The molecule has 3 nitrogen and oxygen atoms in total. The molecular formula is C14H21NO2. The lowest BCUT2D eigenvalue weighted by Gasteiger charge is -2.08. The van der Waals surface area contributed by atoms with Gasteiger partial charge in [0.15, 0.2) is 0 Å². The molecule has 0 radical (unpaired) electrons. The number of hydrogen-bond acceptors (Lipinski definition) is 2. The van der Waals surface area contributed by atoms with E-state index in [-0.39, 0.29) is 5.97 Å². The van der Waals surface area contributed by atoms with Crippen LogP contribution in [0.15, 0.2) is 18.2 Å². The first-order valence-electron chi connectivity index (χ1n) is 6.12. The Morgan fingerprint density at radius 2 is 2.18 bits per heavy atom. The number of ether oxygens (including phenoxy) is 1. The summed E-state index contributed by atoms with van der Waals surface area (Å²) in [6, 6.07) is 1.94. The lowest BCUT2D eigenvalue weighted by molar-refractivity contribution is 0.0514. The molecule has 0 saturated heterocycles. The van der Waals surface area contributed by atoms with Crippen LogP contribution in [0.5, 0.6) is 0 Å². The van der Waals surface area contributed by atoms with Crippen molar-refractivity contribution in [3.63, 3.8) is 0 Å². The van der Waals surface area contributed by atoms with Gasteiger partial charge in [0.05, 0.1) is 6.61 Å². The molecule has 0 saturated carbocycles. The number of aromatic nitrogens is 1. The Hall–Kier alpha value is -1.51. The molecule has 0 bridgehead atoms. The second kappa shape index (κ2) is 6.28. The van der Waals surface area contributed by atoms with Crippen molar-refractivity contribution < 1.29 is 9.53 Å². The Bertz CT molecular complexity index is 416. The molecule has 0 N–H and O–H groups in total. The van der Waals surface area contributed by atoms with E-state index in [0.717, 1.165) is 18.7 Å². The third kappa shape index (κ3) is 2.99. The van der Waals surface area contributed by atoms with Crippen molar-refractivity contribution in [2.24, 2.45) is 0 Å². The Morgan fingerprint density at radius 3 is 2.71 bits per heavy atom. The number of carbonyl (C=O) groups excluding carboxylic acids is 1. The molecule has 1 aromatic rings. The predicted molar refractivity (Wildman–Crippen MR) is 69.3 cm³/mol. The molecule has 0 unspecified atom stereocenters. The van der Waals surface area contributed by atoms with Gasteiger partial charge in [0.1, 0.15) is 5.69 Å². The summed E-state index contributed by atoms with van der Waals surface area (Å²) in [6.45, 7) is 9.07. The zero-order valence-corrected chi connectivity index (χ0v) is 11.1. The fraction of sp³-hybridized carbons (Fsp3) is 0.500. The van der Waals surface area contributed by atoms with Crippen LogP contribution in [0, 0.1) is 6.92 Å². The number of nitrogens with zero attached hydrogens (tertiary/aromatic N) is 1. The van der Waals surface area contributed by atoms with Crippen LogP contribution in [0.4, 0.5) is 0 Å². The summed E-state index contributed by atoms with van der Waals surface area (Å²) in [6.07, 6.45) is 4.95. The maximum atomic E-state index is 11.8. The van der Waals surface area contributed by atoms with Crippen molar-refractivity contribution in [1.29, 1.82) is 0 Å². The summed E-state index contributed by atoms with van der Waals surface area (Å²) >= 11 is 0. The summed E-state index contributed by atoms with van der Waals surface area (Å²) < 4.78 is 7.09. The van der Waals surface area contributed by atoms with Gasteiger partial charge in [-0.1, -0.05) is 19.1 Å². The van der Waals surface area contributed by atoms with Gasteiger partial charge in [-0.25, -0.2) is 4.79 Å². The quantitative estimate of drug-likeness (QED) is 0.580. The average Bonchev–Trinajstić information content (AvgIpc) is 2.64. The van der Waals surface area contributed by atoms with Gasteiger partial charge in [-0.05, 0) is 38.8 Å². The molecule has 0 fully saturated rings. The van der Waals surface area contributed by atoms with Crippen LogP contribution in [-0.2, 0) is 17.7 Å². The Balaban J connectivity index is 3.13. The molecule has 0 aromatic carbocycles. The number of rotatable bonds is 5. The highest BCUT2D eigenvalue weighted by Crippen LogP contribution is 2.17. The lowest BCUT2D eigenvalue weighted by atomic mass is 10.2. The summed E-state index contributed by atoms with van der Waals surface area (Å²) in [5.74, 6) is -0.236. The van der Waals surface area contributed by atoms with Crippen LogP contribution >= 0.6 is 0 Å². The number of aryl methyl sites for hydroxylation is 1. The minimum absolute atomic E-state index is 0.236. The van der Waals surface area contributed by atoms with Crippen LogP contribution in [-0.4, -0.2) is 17.1 Å². The fourth-order valence-corrected chi connectivity index (χ4v) is 1.88. The molecule has 94 valence electrons. The maximum Gasteiger partial charge on any atom is 0.354 e. The second-order valence-electron chi connectivity index (χ2n) is 3.89. The highest BCUT2D eigenvalue weighted by Gasteiger charge is 2.16. The van der Waals surface area contributed by atoms with E-state index in [4.69, 9.17) is 4.74 Å². The van der Waals surface area contributed by atoms with Crippen molar-refractivity contribution in [3.05, 3.63) is 35.2 Å². The first-order chi connectivity index (χ1) is 8.15. The molecule has 17 heavy (non-hydrogen) atoms. The molecule has 3 heteroatoms. The minimum atomic E-state index is -0.236. The van der Waals surface area contributed by atoms with Gasteiger partial charge in [-0.15, -0.1) is 0 Å². The monoisotopic (exact) mass is 235 g/mol. The first-order valence-corrected chi connectivity index (χ1v) is 6.12. The van der Waals surface area contributed by atoms with Crippen molar-refractivity contribution >= 4 is 5.97 Å². The molecular weight excluding hydrogens is 214 g/mol. The van der Waals surface area contributed by atoms with Crippen LogP contribution < -0.4 is 0 Å². The van der Waals surface area contributed by atoms with Gasteiger partial charge >= 0.3 is 5.97 Å². The third-order valence-corrected chi connectivity index (χ3v) is 2.86. The smallest absolute Gasteiger partial charge is 0.354 e. The Kier molecular flexibility index (Phi) is 5.01. The molecule has 0 aliphatic rings. The summed E-state index contributed by atoms with van der Waals surface area (Å²) in [5, 5.41) is 0. The molecule has 1 rings (SSSR count). The molecule has 1 heterocycles. The molecule has 0 aliphatic heterocycles. The summed E-state index contributed by atoms with van der Waals surface area (Å²) in [7, 11) is 0. The standard InChI is InChI=1S/C14H21NO2/c1-5-8-9-15-11(4)12(6-2)10-13(15)14(16)17-7-3/h5,8,10H,6-7,9H2,1-4H3/b8-5+. The maximum absolute atomic E-state index is 11.8. The van der Waals surface area contributed by atoms with Gasteiger partial charge in [-0.3, -0.25) is 0 Å². The molecule has 0 aliphatic carbocycles. The van der Waals surface area contributed by atoms with Gasteiger partial charge < -0.3 is 9.30 Å². The van der Waals surface area contributed by atoms with Crippen LogP contribution in [0.25, 0.3) is 0 Å². The van der Waals surface area contributed by atoms with Gasteiger partial charge in [-0.2, -0.15) is 0 Å². The molecule has 1 aromatic heterocycles. The van der Waals surface area contributed by atoms with E-state index >= 15 is 0 Å². The number of esters is 1. The molecule has 0 spiro atoms. The van der Waals surface area contributed by atoms with Crippen LogP contribution in [0.2, 0.25) is 0 Å². The second-order valence-corrected chi connectivity index (χ2v) is 3.89. The summed E-state index contributed by atoms with van der Waals surface area (Å²) in [5.41, 5.74) is 3.01. The fourth-order valence-electron chi connectivity index (χ4n) is 1.88. The van der Waals surface area contributed by atoms with Crippen molar-refractivity contribution in [2.75, 3.05) is 6.61 Å². The van der Waals surface area contributed by atoms with E-state index in [1.807, 2.05) is 43.6 Å². The molecule has 0 amide bonds. The first kappa shape index (κ1) is 13.6. The minimum Gasteiger partial charge on any atom is -0.461 e. The van der Waals surface area contributed by atoms with Crippen molar-refractivity contribution in [1.82, 2.24) is 4.57 Å². The van der Waals surface area contributed by atoms with E-state index < -0.39 is 0 Å². The summed E-state index contributed by atoms with van der Waals surface area (Å²) in [4.78, 5) is 11.8. The van der Waals surface area contributed by atoms with Gasteiger partial charge in [0, 0.05) is 12.2 Å². The Morgan fingerprint density at radius 1 is 1.47 bits per heavy atom. The van der Waals surface area contributed by atoms with E-state index in [2.05, 4.69) is 6.92 Å². The largest absolute Gasteiger partial charge is 0.461 e. The number of hydrogen-bond donors (Lipinski definition) is 0. The Labute approximate surface area is 103 Å². The zero-order valence-electron chi connectivity index (χ0n) is 11.1. The predicted octanol–water partition coefficient (Wildman–Crippen LogP) is 3.11. The lowest BCUT2D eigenvalue weighted by Crippen LogP contribution is -2.12. The van der Waals surface area contributed by atoms with Crippen LogP contribution in [0.3, 0.4) is 0 Å². The van der Waals surface area contributed by atoms with Crippen molar-refractivity contribution in [2.45, 2.75) is 40.7 Å². The molecule has 0 atom stereocenters. The van der Waals surface area contributed by atoms with Gasteiger partial charge in [0.2, 0.25) is 0 Å². The van der Waals surface area contributed by atoms with E-state index in [1.165, 1.54) is 5.56 Å². The zero-order chi connectivity index (χ0) is 12.8. The number of carbonyl (C=O) groups is 1. The highest BCUT2D eigenvalue weighted by molar-refractivity contribution is 5.88. The number of allylic oxidation sites excluding steroid dienone is 2. The van der Waals surface area contributed by atoms with Crippen LogP contribution in [0.1, 0.15) is 42.5 Å². The van der Waals surface area contributed by atoms with E-state index in [9.17, 15) is 4.79 Å². The van der Waals surface area contributed by atoms with E-state index in [0.29, 0.717) is 12.3 Å². The third-order valence-electron chi connectivity index (χ3n) is 2.86. The van der Waals surface area contributed by atoms with Gasteiger partial charge in [0.25, 0.3) is 0 Å².